The van der Waals surface area contributed by atoms with E-state index in [1.54, 1.807) is 0 Å². The predicted octanol–water partition coefficient (Wildman–Crippen LogP) is 5.41. The van der Waals surface area contributed by atoms with Crippen LogP contribution in [0.3, 0.4) is 0 Å². The van der Waals surface area contributed by atoms with Crippen LogP contribution in [-0.2, 0) is 6.18 Å². The Kier molecular flexibility index (Phi) is 7.06. The molecule has 0 saturated carbocycles. The Balaban J connectivity index is 1.95. The Morgan fingerprint density at radius 1 is 0.968 bits per heavy atom. The van der Waals surface area contributed by atoms with Crippen LogP contribution in [0, 0.1) is 5.82 Å². The van der Waals surface area contributed by atoms with Gasteiger partial charge in [0.2, 0.25) is 5.95 Å². The normalized spacial score (nSPS) is 11.6. The fraction of sp³-hybridized carbons (Fsp3) is 0.273. The van der Waals surface area contributed by atoms with Gasteiger partial charge in [0, 0.05) is 18.2 Å². The molecule has 2 aromatic carbocycles. The van der Waals surface area contributed by atoms with E-state index in [1.807, 2.05) is 49.3 Å². The van der Waals surface area contributed by atoms with Gasteiger partial charge in [-0.25, -0.2) is 9.37 Å². The standard InChI is InChI=1S/C22H23F4N5/c1-31(2)13-7-12-27-21-28-18(15-8-4-3-5-9-15)14-19(30-21)29-20-16(22(24,25)26)10-6-11-17(20)23/h3-6,8-11,14H,7,12-13H2,1-2H3,(H2,27,28,29,30). The fourth-order valence-electron chi connectivity index (χ4n) is 2.96. The average Bonchev–Trinajstić information content (AvgIpc) is 2.72. The lowest BCUT2D eigenvalue weighted by Crippen LogP contribution is -2.17. The number of hydrogen-bond donors (Lipinski definition) is 2. The van der Waals surface area contributed by atoms with Gasteiger partial charge in [-0.3, -0.25) is 0 Å². The molecular formula is C22H23F4N5. The highest BCUT2D eigenvalue weighted by molar-refractivity contribution is 5.69. The van der Waals surface area contributed by atoms with Crippen LogP contribution in [-0.4, -0.2) is 42.1 Å². The number of aromatic nitrogens is 2. The molecule has 0 unspecified atom stereocenters. The topological polar surface area (TPSA) is 53.1 Å². The second-order valence-electron chi connectivity index (χ2n) is 7.20. The zero-order valence-electron chi connectivity index (χ0n) is 17.2. The summed E-state index contributed by atoms with van der Waals surface area (Å²) in [5, 5.41) is 5.60. The van der Waals surface area contributed by atoms with Crippen LogP contribution in [0.25, 0.3) is 11.3 Å². The molecule has 31 heavy (non-hydrogen) atoms. The summed E-state index contributed by atoms with van der Waals surface area (Å²) in [6.45, 7) is 1.42. The number of anilines is 3. The zero-order chi connectivity index (χ0) is 22.4. The Bertz CT molecular complexity index is 1010. The quantitative estimate of drug-likeness (QED) is 0.368. The average molecular weight is 433 g/mol. The van der Waals surface area contributed by atoms with E-state index < -0.39 is 23.2 Å². The minimum absolute atomic E-state index is 0.0552. The minimum Gasteiger partial charge on any atom is -0.354 e. The van der Waals surface area contributed by atoms with Crippen molar-refractivity contribution in [2.45, 2.75) is 12.6 Å². The third-order valence-electron chi connectivity index (χ3n) is 4.43. The molecule has 2 N–H and O–H groups in total. The number of para-hydroxylation sites is 1. The number of rotatable bonds is 8. The van der Waals surface area contributed by atoms with E-state index in [1.165, 1.54) is 6.07 Å². The minimum atomic E-state index is -4.72. The molecule has 0 atom stereocenters. The first-order valence-corrected chi connectivity index (χ1v) is 9.70. The van der Waals surface area contributed by atoms with Crippen molar-refractivity contribution in [2.24, 2.45) is 0 Å². The summed E-state index contributed by atoms with van der Waals surface area (Å²) < 4.78 is 54.4. The van der Waals surface area contributed by atoms with Gasteiger partial charge in [-0.05, 0) is 39.2 Å². The van der Waals surface area contributed by atoms with Crippen LogP contribution in [0.5, 0.6) is 0 Å². The van der Waals surface area contributed by atoms with Crippen molar-refractivity contribution < 1.29 is 17.6 Å². The van der Waals surface area contributed by atoms with Crippen molar-refractivity contribution >= 4 is 17.5 Å². The predicted molar refractivity (Wildman–Crippen MR) is 114 cm³/mol. The van der Waals surface area contributed by atoms with E-state index in [9.17, 15) is 17.6 Å². The monoisotopic (exact) mass is 433 g/mol. The van der Waals surface area contributed by atoms with Crippen LogP contribution >= 0.6 is 0 Å². The molecule has 0 radical (unpaired) electrons. The van der Waals surface area contributed by atoms with Crippen LogP contribution < -0.4 is 10.6 Å². The van der Waals surface area contributed by atoms with Gasteiger partial charge in [0.1, 0.15) is 11.6 Å². The maximum atomic E-state index is 14.3. The number of nitrogens with zero attached hydrogens (tertiary/aromatic N) is 3. The first-order chi connectivity index (χ1) is 14.7. The highest BCUT2D eigenvalue weighted by Gasteiger charge is 2.35. The zero-order valence-corrected chi connectivity index (χ0v) is 17.2. The van der Waals surface area contributed by atoms with Gasteiger partial charge in [0.05, 0.1) is 16.9 Å². The van der Waals surface area contributed by atoms with Gasteiger partial charge in [0.25, 0.3) is 0 Å². The smallest absolute Gasteiger partial charge is 0.354 e. The van der Waals surface area contributed by atoms with Crippen molar-refractivity contribution in [3.8, 4) is 11.3 Å². The molecule has 3 rings (SSSR count). The Hall–Kier alpha value is -3.20. The SMILES string of the molecule is CN(C)CCCNc1nc(Nc2c(F)cccc2C(F)(F)F)cc(-c2ccccc2)n1. The van der Waals surface area contributed by atoms with Crippen molar-refractivity contribution in [3.63, 3.8) is 0 Å². The number of alkyl halides is 3. The summed E-state index contributed by atoms with van der Waals surface area (Å²) in [5.74, 6) is -0.720. The molecular weight excluding hydrogens is 410 g/mol. The van der Waals surface area contributed by atoms with E-state index in [0.717, 1.165) is 36.7 Å². The Morgan fingerprint density at radius 3 is 2.39 bits per heavy atom. The largest absolute Gasteiger partial charge is 0.418 e. The molecule has 0 aliphatic rings. The van der Waals surface area contributed by atoms with Crippen molar-refractivity contribution in [3.05, 3.63) is 66.0 Å². The van der Waals surface area contributed by atoms with E-state index >= 15 is 0 Å². The third kappa shape index (κ3) is 6.14. The van der Waals surface area contributed by atoms with E-state index in [-0.39, 0.29) is 11.8 Å². The maximum Gasteiger partial charge on any atom is 0.418 e. The highest BCUT2D eigenvalue weighted by Crippen LogP contribution is 2.37. The lowest BCUT2D eigenvalue weighted by Gasteiger charge is -2.16. The number of halogens is 4. The van der Waals surface area contributed by atoms with Gasteiger partial charge in [-0.1, -0.05) is 36.4 Å². The molecule has 0 spiro atoms. The maximum absolute atomic E-state index is 14.3. The fourth-order valence-corrected chi connectivity index (χ4v) is 2.96. The molecule has 164 valence electrons. The van der Waals surface area contributed by atoms with Gasteiger partial charge >= 0.3 is 6.18 Å². The number of hydrogen-bond acceptors (Lipinski definition) is 5. The van der Waals surface area contributed by atoms with Crippen molar-refractivity contribution in [2.75, 3.05) is 37.8 Å². The van der Waals surface area contributed by atoms with Crippen LogP contribution in [0.4, 0.5) is 35.0 Å². The summed E-state index contributed by atoms with van der Waals surface area (Å²) in [7, 11) is 3.92. The first-order valence-electron chi connectivity index (χ1n) is 9.70. The molecule has 1 heterocycles. The lowest BCUT2D eigenvalue weighted by atomic mass is 10.1. The number of benzene rings is 2. The molecule has 0 aliphatic heterocycles. The molecule has 0 fully saturated rings. The summed E-state index contributed by atoms with van der Waals surface area (Å²) >= 11 is 0. The Morgan fingerprint density at radius 2 is 1.71 bits per heavy atom. The number of nitrogens with one attached hydrogen (secondary N) is 2. The van der Waals surface area contributed by atoms with Gasteiger partial charge in [-0.2, -0.15) is 18.2 Å². The molecule has 3 aromatic rings. The van der Waals surface area contributed by atoms with Crippen molar-refractivity contribution in [1.29, 1.82) is 0 Å². The van der Waals surface area contributed by atoms with E-state index in [4.69, 9.17) is 0 Å². The molecule has 0 amide bonds. The van der Waals surface area contributed by atoms with Crippen molar-refractivity contribution in [1.82, 2.24) is 14.9 Å². The molecule has 1 aromatic heterocycles. The summed E-state index contributed by atoms with van der Waals surface area (Å²) in [6.07, 6.45) is -3.90. The summed E-state index contributed by atoms with van der Waals surface area (Å²) in [4.78, 5) is 10.8. The Labute approximate surface area is 178 Å². The van der Waals surface area contributed by atoms with Gasteiger partial charge in [0.15, 0.2) is 0 Å². The lowest BCUT2D eigenvalue weighted by molar-refractivity contribution is -0.137. The molecule has 0 aliphatic carbocycles. The molecule has 0 saturated heterocycles. The second kappa shape index (κ2) is 9.74. The van der Waals surface area contributed by atoms with Gasteiger partial charge < -0.3 is 15.5 Å². The van der Waals surface area contributed by atoms with Crippen LogP contribution in [0.2, 0.25) is 0 Å². The second-order valence-corrected chi connectivity index (χ2v) is 7.20. The van der Waals surface area contributed by atoms with Crippen LogP contribution in [0.15, 0.2) is 54.6 Å². The van der Waals surface area contributed by atoms with E-state index in [2.05, 4.69) is 20.6 Å². The van der Waals surface area contributed by atoms with E-state index in [0.29, 0.717) is 12.2 Å². The first kappa shape index (κ1) is 22.5. The summed E-state index contributed by atoms with van der Waals surface area (Å²) in [6, 6.07) is 13.5. The highest BCUT2D eigenvalue weighted by atomic mass is 19.4. The summed E-state index contributed by atoms with van der Waals surface area (Å²) in [5.41, 5.74) is -0.522. The third-order valence-corrected chi connectivity index (χ3v) is 4.43. The van der Waals surface area contributed by atoms with Gasteiger partial charge in [-0.15, -0.1) is 0 Å². The molecule has 5 nitrogen and oxygen atoms in total. The molecule has 0 bridgehead atoms. The molecule has 9 heteroatoms. The van der Waals surface area contributed by atoms with Crippen LogP contribution in [0.1, 0.15) is 12.0 Å².